The van der Waals surface area contributed by atoms with E-state index < -0.39 is 12.1 Å². The molecule has 2 N–H and O–H groups in total. The quantitative estimate of drug-likeness (QED) is 0.657. The molecule has 0 aliphatic rings. The fourth-order valence-corrected chi connectivity index (χ4v) is 0.604. The summed E-state index contributed by atoms with van der Waals surface area (Å²) in [6.07, 6.45) is -4.17. The summed E-state index contributed by atoms with van der Waals surface area (Å²) in [7, 11) is 0. The fourth-order valence-electron chi connectivity index (χ4n) is 0.604. The van der Waals surface area contributed by atoms with E-state index >= 15 is 0 Å². The minimum atomic E-state index is -4.82. The van der Waals surface area contributed by atoms with Gasteiger partial charge in [-0.1, -0.05) is 6.92 Å². The summed E-state index contributed by atoms with van der Waals surface area (Å²) >= 11 is 0. The number of carbonyl (C=O) groups excluding carboxylic acids is 1. The second-order valence-electron chi connectivity index (χ2n) is 2.46. The summed E-state index contributed by atoms with van der Waals surface area (Å²) in [6, 6.07) is 0. The van der Waals surface area contributed by atoms with E-state index in [4.69, 9.17) is 5.41 Å². The van der Waals surface area contributed by atoms with Crippen LogP contribution in [-0.4, -0.2) is 24.3 Å². The lowest BCUT2D eigenvalue weighted by molar-refractivity contribution is -0.173. The standard InChI is InChI=1S/C7H11F3N2O/c1-2-5(11)3-4-12-6(13)7(8,9)10/h11H,2-4H2,1H3,(H,12,13). The van der Waals surface area contributed by atoms with Crippen LogP contribution in [0.5, 0.6) is 0 Å². The van der Waals surface area contributed by atoms with Gasteiger partial charge in [0.05, 0.1) is 0 Å². The Labute approximate surface area is 73.8 Å². The third kappa shape index (κ3) is 5.21. The third-order valence-corrected chi connectivity index (χ3v) is 1.40. The summed E-state index contributed by atoms with van der Waals surface area (Å²) in [6.45, 7) is 1.60. The Morgan fingerprint density at radius 1 is 1.46 bits per heavy atom. The molecule has 0 fully saturated rings. The van der Waals surface area contributed by atoms with Gasteiger partial charge in [-0.3, -0.25) is 4.79 Å². The predicted octanol–water partition coefficient (Wildman–Crippen LogP) is 1.48. The molecule has 0 bridgehead atoms. The molecule has 0 spiro atoms. The van der Waals surface area contributed by atoms with Crippen LogP contribution >= 0.6 is 0 Å². The smallest absolute Gasteiger partial charge is 0.348 e. The Bertz CT molecular complexity index is 200. The zero-order chi connectivity index (χ0) is 10.5. The van der Waals surface area contributed by atoms with Crippen molar-refractivity contribution < 1.29 is 18.0 Å². The van der Waals surface area contributed by atoms with Crippen molar-refractivity contribution in [2.75, 3.05) is 6.54 Å². The van der Waals surface area contributed by atoms with Crippen LogP contribution in [0.25, 0.3) is 0 Å². The highest BCUT2D eigenvalue weighted by Crippen LogP contribution is 2.13. The highest BCUT2D eigenvalue weighted by Gasteiger charge is 2.38. The summed E-state index contributed by atoms with van der Waals surface area (Å²) in [5.74, 6) is -1.95. The minimum absolute atomic E-state index is 0.134. The summed E-state index contributed by atoms with van der Waals surface area (Å²) in [5, 5.41) is 8.79. The summed E-state index contributed by atoms with van der Waals surface area (Å²) in [4.78, 5) is 10.2. The van der Waals surface area contributed by atoms with Crippen LogP contribution in [0.1, 0.15) is 19.8 Å². The minimum Gasteiger partial charge on any atom is -0.348 e. The molecule has 0 aliphatic carbocycles. The van der Waals surface area contributed by atoms with Gasteiger partial charge in [0.15, 0.2) is 0 Å². The summed E-state index contributed by atoms with van der Waals surface area (Å²) in [5.41, 5.74) is 0.322. The Balaban J connectivity index is 3.67. The van der Waals surface area contributed by atoms with E-state index in [1.807, 2.05) is 0 Å². The van der Waals surface area contributed by atoms with Crippen LogP contribution in [0.2, 0.25) is 0 Å². The molecule has 0 heterocycles. The van der Waals surface area contributed by atoms with Crippen LogP contribution < -0.4 is 5.32 Å². The SMILES string of the molecule is CCC(=N)CCNC(=O)C(F)(F)F. The number of carbonyl (C=O) groups is 1. The van der Waals surface area contributed by atoms with Crippen molar-refractivity contribution in [3.05, 3.63) is 0 Å². The molecule has 0 aromatic carbocycles. The van der Waals surface area contributed by atoms with Crippen molar-refractivity contribution >= 4 is 11.6 Å². The Morgan fingerprint density at radius 3 is 2.38 bits per heavy atom. The topological polar surface area (TPSA) is 53.0 Å². The van der Waals surface area contributed by atoms with Crippen LogP contribution in [0, 0.1) is 5.41 Å². The van der Waals surface area contributed by atoms with E-state index in [1.54, 1.807) is 12.2 Å². The molecule has 0 saturated heterocycles. The largest absolute Gasteiger partial charge is 0.471 e. The lowest BCUT2D eigenvalue weighted by Gasteiger charge is -2.07. The van der Waals surface area contributed by atoms with Gasteiger partial charge >= 0.3 is 12.1 Å². The van der Waals surface area contributed by atoms with Crippen molar-refractivity contribution in [3.8, 4) is 0 Å². The van der Waals surface area contributed by atoms with Gasteiger partial charge in [0.2, 0.25) is 0 Å². The van der Waals surface area contributed by atoms with Crippen molar-refractivity contribution in [2.24, 2.45) is 0 Å². The fraction of sp³-hybridized carbons (Fsp3) is 0.714. The van der Waals surface area contributed by atoms with Gasteiger partial charge < -0.3 is 10.7 Å². The molecule has 3 nitrogen and oxygen atoms in total. The first kappa shape index (κ1) is 11.9. The summed E-state index contributed by atoms with van der Waals surface area (Å²) < 4.78 is 34.8. The molecule has 0 aromatic heterocycles. The van der Waals surface area contributed by atoms with Gasteiger partial charge in [-0.25, -0.2) is 0 Å². The van der Waals surface area contributed by atoms with Crippen LogP contribution in [-0.2, 0) is 4.79 Å². The van der Waals surface area contributed by atoms with E-state index in [-0.39, 0.29) is 13.0 Å². The molecule has 13 heavy (non-hydrogen) atoms. The van der Waals surface area contributed by atoms with Crippen molar-refractivity contribution in [2.45, 2.75) is 25.9 Å². The highest BCUT2D eigenvalue weighted by molar-refractivity contribution is 5.84. The average Bonchev–Trinajstić information content (AvgIpc) is 2.02. The Hall–Kier alpha value is -1.07. The van der Waals surface area contributed by atoms with Crippen molar-refractivity contribution in [1.29, 1.82) is 5.41 Å². The molecule has 0 aliphatic heterocycles. The van der Waals surface area contributed by atoms with Crippen molar-refractivity contribution in [1.82, 2.24) is 5.32 Å². The number of hydrogen-bond acceptors (Lipinski definition) is 2. The van der Waals surface area contributed by atoms with Gasteiger partial charge in [-0.15, -0.1) is 0 Å². The number of halogens is 3. The molecule has 1 amide bonds. The average molecular weight is 196 g/mol. The molecular formula is C7H11F3N2O. The zero-order valence-corrected chi connectivity index (χ0v) is 7.16. The lowest BCUT2D eigenvalue weighted by Crippen LogP contribution is -2.37. The molecule has 76 valence electrons. The maximum atomic E-state index is 11.6. The van der Waals surface area contributed by atoms with Gasteiger partial charge in [-0.05, 0) is 6.42 Å². The second-order valence-corrected chi connectivity index (χ2v) is 2.46. The lowest BCUT2D eigenvalue weighted by atomic mass is 10.2. The third-order valence-electron chi connectivity index (χ3n) is 1.40. The molecular weight excluding hydrogens is 185 g/mol. The van der Waals surface area contributed by atoms with Gasteiger partial charge in [0.25, 0.3) is 0 Å². The maximum absolute atomic E-state index is 11.6. The number of nitrogens with one attached hydrogen (secondary N) is 2. The molecule has 0 atom stereocenters. The van der Waals surface area contributed by atoms with Crippen molar-refractivity contribution in [3.63, 3.8) is 0 Å². The normalized spacial score (nSPS) is 11.1. The Kier molecular flexibility index (Phi) is 4.44. The molecule has 0 rings (SSSR count). The first-order chi connectivity index (χ1) is 5.88. The number of hydrogen-bond donors (Lipinski definition) is 2. The Morgan fingerprint density at radius 2 is 2.00 bits per heavy atom. The van der Waals surface area contributed by atoms with E-state index in [0.717, 1.165) is 0 Å². The molecule has 6 heteroatoms. The molecule has 0 unspecified atom stereocenters. The number of alkyl halides is 3. The first-order valence-corrected chi connectivity index (χ1v) is 3.79. The molecule has 0 saturated carbocycles. The van der Waals surface area contributed by atoms with Crippen LogP contribution in [0.3, 0.4) is 0 Å². The monoisotopic (exact) mass is 196 g/mol. The number of rotatable bonds is 4. The maximum Gasteiger partial charge on any atom is 0.471 e. The van der Waals surface area contributed by atoms with Gasteiger partial charge in [0.1, 0.15) is 0 Å². The van der Waals surface area contributed by atoms with E-state index in [9.17, 15) is 18.0 Å². The second kappa shape index (κ2) is 4.84. The molecule has 0 radical (unpaired) electrons. The predicted molar refractivity (Wildman–Crippen MR) is 41.7 cm³/mol. The number of amides is 1. The van der Waals surface area contributed by atoms with E-state index in [2.05, 4.69) is 0 Å². The van der Waals surface area contributed by atoms with Crippen LogP contribution in [0.15, 0.2) is 0 Å². The first-order valence-electron chi connectivity index (χ1n) is 3.79. The van der Waals surface area contributed by atoms with E-state index in [1.165, 1.54) is 0 Å². The zero-order valence-electron chi connectivity index (χ0n) is 7.16. The van der Waals surface area contributed by atoms with Crippen LogP contribution in [0.4, 0.5) is 13.2 Å². The highest BCUT2D eigenvalue weighted by atomic mass is 19.4. The van der Waals surface area contributed by atoms with E-state index in [0.29, 0.717) is 12.1 Å². The van der Waals surface area contributed by atoms with Gasteiger partial charge in [0, 0.05) is 18.7 Å². The van der Waals surface area contributed by atoms with Gasteiger partial charge in [-0.2, -0.15) is 13.2 Å². The molecule has 0 aromatic rings.